The van der Waals surface area contributed by atoms with E-state index in [1.165, 1.54) is 12.3 Å². The maximum absolute atomic E-state index is 13.2. The molecule has 1 atom stereocenters. The predicted octanol–water partition coefficient (Wildman–Crippen LogP) is 2.09. The van der Waals surface area contributed by atoms with E-state index < -0.39 is 5.82 Å². The second-order valence-electron chi connectivity index (χ2n) is 3.51. The molecular formula is C11H15FN2OS. The fraction of sp³-hybridized carbons (Fsp3) is 0.455. The van der Waals surface area contributed by atoms with Gasteiger partial charge < -0.3 is 5.32 Å². The summed E-state index contributed by atoms with van der Waals surface area (Å²) < 4.78 is 13.2. The molecule has 1 unspecified atom stereocenters. The van der Waals surface area contributed by atoms with Gasteiger partial charge in [-0.15, -0.1) is 0 Å². The third-order valence-corrected chi connectivity index (χ3v) is 2.79. The molecule has 3 nitrogen and oxygen atoms in total. The Morgan fingerprint density at radius 3 is 3.06 bits per heavy atom. The van der Waals surface area contributed by atoms with Crippen LogP contribution in [0.3, 0.4) is 0 Å². The Bertz CT molecular complexity index is 360. The Labute approximate surface area is 98.8 Å². The second kappa shape index (κ2) is 6.48. The SMILES string of the molecule is CSCCC(C)NC(=O)c1ccncc1F. The minimum Gasteiger partial charge on any atom is -0.349 e. The van der Waals surface area contributed by atoms with E-state index >= 15 is 0 Å². The van der Waals surface area contributed by atoms with Crippen LogP contribution in [0, 0.1) is 5.82 Å². The van der Waals surface area contributed by atoms with Gasteiger partial charge in [-0.3, -0.25) is 9.78 Å². The van der Waals surface area contributed by atoms with Gasteiger partial charge in [-0.25, -0.2) is 4.39 Å². The van der Waals surface area contributed by atoms with E-state index in [2.05, 4.69) is 10.3 Å². The highest BCUT2D eigenvalue weighted by Gasteiger charge is 2.13. The summed E-state index contributed by atoms with van der Waals surface area (Å²) >= 11 is 1.72. The van der Waals surface area contributed by atoms with Crippen molar-refractivity contribution in [3.8, 4) is 0 Å². The lowest BCUT2D eigenvalue weighted by atomic mass is 10.2. The highest BCUT2D eigenvalue weighted by atomic mass is 32.2. The van der Waals surface area contributed by atoms with Crippen molar-refractivity contribution in [3.63, 3.8) is 0 Å². The van der Waals surface area contributed by atoms with E-state index in [9.17, 15) is 9.18 Å². The molecular weight excluding hydrogens is 227 g/mol. The number of amides is 1. The van der Waals surface area contributed by atoms with Crippen molar-refractivity contribution < 1.29 is 9.18 Å². The highest BCUT2D eigenvalue weighted by Crippen LogP contribution is 2.06. The monoisotopic (exact) mass is 242 g/mol. The summed E-state index contributed by atoms with van der Waals surface area (Å²) in [5, 5.41) is 2.75. The smallest absolute Gasteiger partial charge is 0.254 e. The number of thioether (sulfide) groups is 1. The summed E-state index contributed by atoms with van der Waals surface area (Å²) in [6, 6.07) is 1.43. The van der Waals surface area contributed by atoms with Crippen LogP contribution in [0.25, 0.3) is 0 Å². The van der Waals surface area contributed by atoms with Gasteiger partial charge in [0.1, 0.15) is 0 Å². The van der Waals surface area contributed by atoms with Crippen LogP contribution >= 0.6 is 11.8 Å². The summed E-state index contributed by atoms with van der Waals surface area (Å²) in [7, 11) is 0. The molecule has 0 saturated carbocycles. The molecule has 0 aliphatic heterocycles. The number of pyridine rings is 1. The number of rotatable bonds is 5. The van der Waals surface area contributed by atoms with E-state index in [-0.39, 0.29) is 17.5 Å². The minimum absolute atomic E-state index is 0.0472. The van der Waals surface area contributed by atoms with Crippen LogP contribution in [0.5, 0.6) is 0 Å². The Balaban J connectivity index is 2.56. The lowest BCUT2D eigenvalue weighted by molar-refractivity contribution is 0.0935. The quantitative estimate of drug-likeness (QED) is 0.859. The lowest BCUT2D eigenvalue weighted by Gasteiger charge is -2.13. The maximum atomic E-state index is 13.2. The molecule has 1 heterocycles. The molecule has 0 saturated heterocycles. The number of nitrogens with one attached hydrogen (secondary N) is 1. The molecule has 0 fully saturated rings. The summed E-state index contributed by atoms with van der Waals surface area (Å²) in [6.07, 6.45) is 5.34. The first-order valence-electron chi connectivity index (χ1n) is 5.04. The van der Waals surface area contributed by atoms with Crippen molar-refractivity contribution in [1.82, 2.24) is 10.3 Å². The van der Waals surface area contributed by atoms with Crippen molar-refractivity contribution in [3.05, 3.63) is 29.8 Å². The van der Waals surface area contributed by atoms with Gasteiger partial charge in [0.15, 0.2) is 5.82 Å². The largest absolute Gasteiger partial charge is 0.349 e. The van der Waals surface area contributed by atoms with Gasteiger partial charge in [0.05, 0.1) is 11.8 Å². The lowest BCUT2D eigenvalue weighted by Crippen LogP contribution is -2.33. The van der Waals surface area contributed by atoms with E-state index in [1.807, 2.05) is 13.2 Å². The van der Waals surface area contributed by atoms with Crippen LogP contribution < -0.4 is 5.32 Å². The van der Waals surface area contributed by atoms with E-state index in [1.54, 1.807) is 11.8 Å². The summed E-state index contributed by atoms with van der Waals surface area (Å²) in [5.41, 5.74) is 0.0472. The van der Waals surface area contributed by atoms with E-state index in [0.29, 0.717) is 0 Å². The topological polar surface area (TPSA) is 42.0 Å². The van der Waals surface area contributed by atoms with Crippen molar-refractivity contribution in [2.24, 2.45) is 0 Å². The summed E-state index contributed by atoms with van der Waals surface area (Å²) in [4.78, 5) is 15.3. The van der Waals surface area contributed by atoms with Crippen molar-refractivity contribution in [2.45, 2.75) is 19.4 Å². The average Bonchev–Trinajstić information content (AvgIpc) is 2.26. The number of hydrogen-bond donors (Lipinski definition) is 1. The number of nitrogens with zero attached hydrogens (tertiary/aromatic N) is 1. The fourth-order valence-electron chi connectivity index (χ4n) is 1.23. The number of halogens is 1. The number of aromatic nitrogens is 1. The van der Waals surface area contributed by atoms with Crippen LogP contribution in [-0.2, 0) is 0 Å². The minimum atomic E-state index is -0.586. The van der Waals surface area contributed by atoms with Crippen molar-refractivity contribution in [1.29, 1.82) is 0 Å². The first-order chi connectivity index (χ1) is 7.65. The third kappa shape index (κ3) is 3.81. The van der Waals surface area contributed by atoms with Gasteiger partial charge in [-0.1, -0.05) is 0 Å². The van der Waals surface area contributed by atoms with Gasteiger partial charge >= 0.3 is 0 Å². The molecule has 16 heavy (non-hydrogen) atoms. The molecule has 88 valence electrons. The Morgan fingerprint density at radius 1 is 1.69 bits per heavy atom. The van der Waals surface area contributed by atoms with Gasteiger partial charge in [-0.2, -0.15) is 11.8 Å². The Morgan fingerprint density at radius 2 is 2.44 bits per heavy atom. The van der Waals surface area contributed by atoms with Gasteiger partial charge in [-0.05, 0) is 31.4 Å². The molecule has 1 aromatic heterocycles. The van der Waals surface area contributed by atoms with Crippen LogP contribution in [0.15, 0.2) is 18.5 Å². The molecule has 0 spiro atoms. The standard InChI is InChI=1S/C11H15FN2OS/c1-8(4-6-16-2)14-11(15)9-3-5-13-7-10(9)12/h3,5,7-8H,4,6H2,1-2H3,(H,14,15). The molecule has 0 aliphatic rings. The van der Waals surface area contributed by atoms with E-state index in [0.717, 1.165) is 18.4 Å². The average molecular weight is 242 g/mol. The van der Waals surface area contributed by atoms with Gasteiger partial charge in [0.2, 0.25) is 0 Å². The predicted molar refractivity (Wildman–Crippen MR) is 64.1 cm³/mol. The molecule has 0 aromatic carbocycles. The molecule has 0 aliphatic carbocycles. The molecule has 1 N–H and O–H groups in total. The molecule has 0 bridgehead atoms. The third-order valence-electron chi connectivity index (χ3n) is 2.15. The van der Waals surface area contributed by atoms with Crippen LogP contribution in [0.1, 0.15) is 23.7 Å². The molecule has 1 rings (SSSR count). The summed E-state index contributed by atoms with van der Waals surface area (Å²) in [6.45, 7) is 1.91. The zero-order valence-electron chi connectivity index (χ0n) is 9.37. The number of carbonyl (C=O) groups excluding carboxylic acids is 1. The van der Waals surface area contributed by atoms with Gasteiger partial charge in [0.25, 0.3) is 5.91 Å². The first-order valence-corrected chi connectivity index (χ1v) is 6.44. The molecule has 5 heteroatoms. The zero-order valence-corrected chi connectivity index (χ0v) is 10.2. The first kappa shape index (κ1) is 13.0. The van der Waals surface area contributed by atoms with Crippen molar-refractivity contribution in [2.75, 3.05) is 12.0 Å². The number of carbonyl (C=O) groups is 1. The number of hydrogen-bond acceptors (Lipinski definition) is 3. The van der Waals surface area contributed by atoms with Crippen LogP contribution in [0.2, 0.25) is 0 Å². The fourth-order valence-corrected chi connectivity index (χ4v) is 1.82. The van der Waals surface area contributed by atoms with Crippen molar-refractivity contribution >= 4 is 17.7 Å². The second-order valence-corrected chi connectivity index (χ2v) is 4.50. The Hall–Kier alpha value is -1.10. The molecule has 1 amide bonds. The van der Waals surface area contributed by atoms with Crippen LogP contribution in [0.4, 0.5) is 4.39 Å². The van der Waals surface area contributed by atoms with Crippen LogP contribution in [-0.4, -0.2) is 28.9 Å². The zero-order chi connectivity index (χ0) is 12.0. The van der Waals surface area contributed by atoms with Gasteiger partial charge in [0, 0.05) is 12.2 Å². The Kier molecular flexibility index (Phi) is 5.25. The summed E-state index contributed by atoms with van der Waals surface area (Å²) in [5.74, 6) is 0.00543. The maximum Gasteiger partial charge on any atom is 0.254 e. The normalized spacial score (nSPS) is 12.2. The highest BCUT2D eigenvalue weighted by molar-refractivity contribution is 7.98. The molecule has 1 aromatic rings. The van der Waals surface area contributed by atoms with E-state index in [4.69, 9.17) is 0 Å². The molecule has 0 radical (unpaired) electrons.